The molecule has 122 valence electrons. The molecule has 0 aromatic carbocycles. The van der Waals surface area contributed by atoms with Crippen LogP contribution in [0.15, 0.2) is 30.6 Å². The van der Waals surface area contributed by atoms with E-state index < -0.39 is 0 Å². The number of pyridine rings is 1. The van der Waals surface area contributed by atoms with Gasteiger partial charge in [0, 0.05) is 26.0 Å². The average molecular weight is 316 g/mol. The molecular weight excluding hydrogens is 296 g/mol. The zero-order valence-corrected chi connectivity index (χ0v) is 13.1. The number of ether oxygens (including phenoxy) is 2. The molecule has 7 nitrogen and oxygen atoms in total. The van der Waals surface area contributed by atoms with Crippen LogP contribution in [0.1, 0.15) is 27.8 Å². The maximum Gasteiger partial charge on any atom is 0.269 e. The van der Waals surface area contributed by atoms with Gasteiger partial charge in [0.05, 0.1) is 25.5 Å². The fourth-order valence-electron chi connectivity index (χ4n) is 2.56. The second-order valence-electron chi connectivity index (χ2n) is 5.33. The van der Waals surface area contributed by atoms with Crippen molar-refractivity contribution < 1.29 is 14.3 Å². The number of rotatable bonds is 6. The maximum atomic E-state index is 12.1. The minimum atomic E-state index is -0.227. The fourth-order valence-corrected chi connectivity index (χ4v) is 2.56. The van der Waals surface area contributed by atoms with Gasteiger partial charge in [-0.1, -0.05) is 6.07 Å². The highest BCUT2D eigenvalue weighted by atomic mass is 16.5. The van der Waals surface area contributed by atoms with E-state index in [1.165, 1.54) is 5.56 Å². The molecule has 1 N–H and O–H groups in total. The van der Waals surface area contributed by atoms with Crippen LogP contribution in [0.5, 0.6) is 0 Å². The van der Waals surface area contributed by atoms with Crippen LogP contribution >= 0.6 is 0 Å². The fraction of sp³-hybridized carbons (Fsp3) is 0.438. The van der Waals surface area contributed by atoms with Crippen LogP contribution in [0.25, 0.3) is 0 Å². The molecule has 0 spiro atoms. The number of fused-ring (bicyclic) bond motifs is 1. The number of carbonyl (C=O) groups is 1. The van der Waals surface area contributed by atoms with Crippen molar-refractivity contribution in [2.24, 2.45) is 0 Å². The molecule has 0 unspecified atom stereocenters. The highest BCUT2D eigenvalue weighted by Gasteiger charge is 2.25. The average Bonchev–Trinajstić information content (AvgIpc) is 3.02. The minimum Gasteiger partial charge on any atom is -0.383 e. The van der Waals surface area contributed by atoms with E-state index in [2.05, 4.69) is 15.4 Å². The van der Waals surface area contributed by atoms with Crippen LogP contribution in [0.4, 0.5) is 0 Å². The molecular formula is C16H20N4O3. The smallest absolute Gasteiger partial charge is 0.269 e. The Labute approximate surface area is 134 Å². The van der Waals surface area contributed by atoms with Gasteiger partial charge in [-0.25, -0.2) is 0 Å². The van der Waals surface area contributed by atoms with Crippen LogP contribution in [-0.4, -0.2) is 47.5 Å². The van der Waals surface area contributed by atoms with Gasteiger partial charge in [-0.05, 0) is 24.1 Å². The second kappa shape index (κ2) is 7.34. The number of carbonyl (C=O) groups excluding carboxylic acids is 1. The molecule has 1 amide bonds. The zero-order chi connectivity index (χ0) is 16.1. The first kappa shape index (κ1) is 15.6. The summed E-state index contributed by atoms with van der Waals surface area (Å²) in [6, 6.07) is 5.25. The lowest BCUT2D eigenvalue weighted by atomic mass is 10.1. The molecule has 0 fully saturated rings. The van der Waals surface area contributed by atoms with Gasteiger partial charge in [0.25, 0.3) is 5.91 Å². The molecule has 3 heterocycles. The first-order chi connectivity index (χ1) is 11.3. The van der Waals surface area contributed by atoms with E-state index >= 15 is 0 Å². The molecule has 0 aliphatic carbocycles. The van der Waals surface area contributed by atoms with Crippen LogP contribution in [0.2, 0.25) is 0 Å². The quantitative estimate of drug-likeness (QED) is 0.859. The number of nitrogens with one attached hydrogen (secondary N) is 1. The van der Waals surface area contributed by atoms with Crippen molar-refractivity contribution in [3.8, 4) is 0 Å². The van der Waals surface area contributed by atoms with Crippen molar-refractivity contribution in [1.82, 2.24) is 20.1 Å². The number of nitrogens with zero attached hydrogens (tertiary/aromatic N) is 3. The topological polar surface area (TPSA) is 78.3 Å². The number of hydrogen-bond acceptors (Lipinski definition) is 5. The Hall–Kier alpha value is -2.25. The summed E-state index contributed by atoms with van der Waals surface area (Å²) in [7, 11) is 1.67. The lowest BCUT2D eigenvalue weighted by Crippen LogP contribution is -2.32. The number of hydrogen-bond donors (Lipinski definition) is 1. The van der Waals surface area contributed by atoms with E-state index in [-0.39, 0.29) is 12.0 Å². The van der Waals surface area contributed by atoms with Crippen LogP contribution in [0.3, 0.4) is 0 Å². The van der Waals surface area contributed by atoms with Crippen molar-refractivity contribution in [3.05, 3.63) is 47.5 Å². The molecule has 1 aliphatic heterocycles. The summed E-state index contributed by atoms with van der Waals surface area (Å²) in [5.41, 5.74) is 2.47. The molecule has 2 aromatic heterocycles. The largest absolute Gasteiger partial charge is 0.383 e. The molecule has 2 aromatic rings. The van der Waals surface area contributed by atoms with E-state index in [1.807, 2.05) is 10.9 Å². The number of methoxy groups -OCH3 is 1. The molecule has 0 radical (unpaired) electrons. The Balaban J connectivity index is 1.64. The molecule has 23 heavy (non-hydrogen) atoms. The van der Waals surface area contributed by atoms with E-state index in [0.717, 1.165) is 12.1 Å². The molecule has 0 saturated heterocycles. The number of aromatic nitrogens is 3. The van der Waals surface area contributed by atoms with Gasteiger partial charge in [-0.3, -0.25) is 14.5 Å². The maximum absolute atomic E-state index is 12.1. The Bertz CT molecular complexity index is 657. The molecule has 0 bridgehead atoms. The molecule has 0 saturated carbocycles. The molecule has 7 heteroatoms. The predicted molar refractivity (Wildman–Crippen MR) is 83.1 cm³/mol. The molecule has 3 rings (SSSR count). The summed E-state index contributed by atoms with van der Waals surface area (Å²) in [4.78, 5) is 16.1. The zero-order valence-electron chi connectivity index (χ0n) is 13.1. The van der Waals surface area contributed by atoms with Crippen molar-refractivity contribution in [3.63, 3.8) is 0 Å². The lowest BCUT2D eigenvalue weighted by Gasteiger charge is -2.22. The third kappa shape index (κ3) is 3.75. The second-order valence-corrected chi connectivity index (χ2v) is 5.33. The summed E-state index contributed by atoms with van der Waals surface area (Å²) in [6.07, 6.45) is 4.24. The Morgan fingerprint density at radius 1 is 1.52 bits per heavy atom. The van der Waals surface area contributed by atoms with Crippen molar-refractivity contribution >= 4 is 5.91 Å². The van der Waals surface area contributed by atoms with E-state index in [1.54, 1.807) is 31.5 Å². The first-order valence-corrected chi connectivity index (χ1v) is 7.64. The van der Waals surface area contributed by atoms with Gasteiger partial charge in [0.1, 0.15) is 11.8 Å². The Morgan fingerprint density at radius 3 is 3.22 bits per heavy atom. The van der Waals surface area contributed by atoms with Gasteiger partial charge in [0.15, 0.2) is 0 Å². The standard InChI is InChI=1S/C16H20N4O3/c1-22-9-7-20-11-12-5-8-23-14(15(12)19-20)10-18-16(21)13-4-2-3-6-17-13/h2-4,6,11,14H,5,7-10H2,1H3,(H,18,21)/t14-/m1/s1. The normalized spacial score (nSPS) is 16.8. The van der Waals surface area contributed by atoms with Gasteiger partial charge in [0.2, 0.25) is 0 Å². The Morgan fingerprint density at radius 2 is 2.43 bits per heavy atom. The minimum absolute atomic E-state index is 0.208. The van der Waals surface area contributed by atoms with E-state index in [9.17, 15) is 4.79 Å². The van der Waals surface area contributed by atoms with Crippen molar-refractivity contribution in [2.75, 3.05) is 26.9 Å². The van der Waals surface area contributed by atoms with Gasteiger partial charge in [-0.2, -0.15) is 5.10 Å². The van der Waals surface area contributed by atoms with Crippen LogP contribution < -0.4 is 5.32 Å². The summed E-state index contributed by atoms with van der Waals surface area (Å²) in [6.45, 7) is 2.33. The van der Waals surface area contributed by atoms with Crippen LogP contribution in [-0.2, 0) is 22.4 Å². The summed E-state index contributed by atoms with van der Waals surface area (Å²) in [5, 5.41) is 7.43. The highest BCUT2D eigenvalue weighted by Crippen LogP contribution is 2.25. The van der Waals surface area contributed by atoms with E-state index in [0.29, 0.717) is 32.0 Å². The molecule has 1 aliphatic rings. The summed E-state index contributed by atoms with van der Waals surface area (Å²) >= 11 is 0. The van der Waals surface area contributed by atoms with Gasteiger partial charge in [-0.15, -0.1) is 0 Å². The van der Waals surface area contributed by atoms with Gasteiger partial charge < -0.3 is 14.8 Å². The first-order valence-electron chi connectivity index (χ1n) is 7.64. The monoisotopic (exact) mass is 316 g/mol. The lowest BCUT2D eigenvalue weighted by molar-refractivity contribution is 0.0382. The third-order valence-electron chi connectivity index (χ3n) is 3.74. The highest BCUT2D eigenvalue weighted by molar-refractivity contribution is 5.92. The predicted octanol–water partition coefficient (Wildman–Crippen LogP) is 0.968. The summed E-state index contributed by atoms with van der Waals surface area (Å²) in [5.74, 6) is -0.208. The SMILES string of the molecule is COCCn1cc2c(n1)[C@@H](CNC(=O)c1ccccn1)OCC2. The summed E-state index contributed by atoms with van der Waals surface area (Å²) < 4.78 is 12.7. The third-order valence-corrected chi connectivity index (χ3v) is 3.74. The number of amides is 1. The van der Waals surface area contributed by atoms with Crippen LogP contribution in [0, 0.1) is 0 Å². The van der Waals surface area contributed by atoms with Crippen molar-refractivity contribution in [1.29, 1.82) is 0 Å². The van der Waals surface area contributed by atoms with Gasteiger partial charge >= 0.3 is 0 Å². The van der Waals surface area contributed by atoms with Crippen molar-refractivity contribution in [2.45, 2.75) is 19.1 Å². The molecule has 1 atom stereocenters. The van der Waals surface area contributed by atoms with E-state index in [4.69, 9.17) is 9.47 Å². The Kier molecular flexibility index (Phi) is 4.99.